The minimum Gasteiger partial charge on any atom is -0.350 e. The van der Waals surface area contributed by atoms with E-state index in [4.69, 9.17) is 17.3 Å². The molecule has 2 aromatic rings. The van der Waals surface area contributed by atoms with Gasteiger partial charge < -0.3 is 5.73 Å². The highest BCUT2D eigenvalue weighted by Gasteiger charge is 2.12. The molecule has 0 fully saturated rings. The minimum atomic E-state index is -0.765. The van der Waals surface area contributed by atoms with Gasteiger partial charge in [0.05, 0.1) is 24.0 Å². The molecule has 2 amide bonds. The summed E-state index contributed by atoms with van der Waals surface area (Å²) in [7, 11) is 0. The van der Waals surface area contributed by atoms with Gasteiger partial charge in [-0.15, -0.1) is 0 Å². The number of urea groups is 1. The number of amides is 2. The number of carbonyl (C=O) groups is 1. The Morgan fingerprint density at radius 1 is 1.52 bits per heavy atom. The zero-order valence-corrected chi connectivity index (χ0v) is 11.9. The molecule has 1 aromatic carbocycles. The zero-order chi connectivity index (χ0) is 15.4. The number of rotatable bonds is 4. The number of hydrogen-bond acceptors (Lipinski definition) is 3. The average molecular weight is 310 g/mol. The van der Waals surface area contributed by atoms with Crippen LogP contribution >= 0.6 is 11.6 Å². The molecular formula is C13H13ClFN5O. The summed E-state index contributed by atoms with van der Waals surface area (Å²) < 4.78 is 14.4. The van der Waals surface area contributed by atoms with Crippen LogP contribution in [-0.4, -0.2) is 22.0 Å². The van der Waals surface area contributed by atoms with Crippen LogP contribution in [0.2, 0.25) is 5.15 Å². The highest BCUT2D eigenvalue weighted by Crippen LogP contribution is 2.19. The number of nitrogens with zero attached hydrogens (tertiary/aromatic N) is 3. The van der Waals surface area contributed by atoms with Gasteiger partial charge in [0.2, 0.25) is 0 Å². The third-order valence-corrected chi connectivity index (χ3v) is 3.12. The van der Waals surface area contributed by atoms with E-state index in [1.54, 1.807) is 23.7 Å². The maximum absolute atomic E-state index is 12.9. The Bertz CT molecular complexity index is 681. The first-order valence-corrected chi connectivity index (χ1v) is 6.41. The summed E-state index contributed by atoms with van der Waals surface area (Å²) in [5.74, 6) is -0.299. The SMILES string of the molecule is Cc1nn(Cc2ccc(F)cc2)c(Cl)c1C=NNC(N)=O. The first kappa shape index (κ1) is 15.0. The number of carbonyl (C=O) groups excluding carboxylic acids is 1. The molecule has 2 rings (SSSR count). The second kappa shape index (κ2) is 6.36. The molecule has 0 aliphatic rings. The van der Waals surface area contributed by atoms with E-state index in [2.05, 4.69) is 15.6 Å². The zero-order valence-electron chi connectivity index (χ0n) is 11.2. The van der Waals surface area contributed by atoms with Gasteiger partial charge in [0.25, 0.3) is 0 Å². The predicted octanol–water partition coefficient (Wildman–Crippen LogP) is 2.03. The van der Waals surface area contributed by atoms with Crippen LogP contribution in [0.15, 0.2) is 29.4 Å². The molecule has 1 heterocycles. The molecule has 21 heavy (non-hydrogen) atoms. The van der Waals surface area contributed by atoms with E-state index in [0.717, 1.165) is 5.56 Å². The Morgan fingerprint density at radius 2 is 2.19 bits per heavy atom. The Hall–Kier alpha value is -2.41. The quantitative estimate of drug-likeness (QED) is 0.669. The van der Waals surface area contributed by atoms with Crippen LogP contribution in [-0.2, 0) is 6.54 Å². The van der Waals surface area contributed by atoms with Crippen molar-refractivity contribution < 1.29 is 9.18 Å². The van der Waals surface area contributed by atoms with Crippen molar-refractivity contribution in [1.82, 2.24) is 15.2 Å². The molecule has 0 bridgehead atoms. The number of benzene rings is 1. The number of aromatic nitrogens is 2. The van der Waals surface area contributed by atoms with Crippen LogP contribution in [0, 0.1) is 12.7 Å². The Kier molecular flexibility index (Phi) is 4.54. The number of nitrogens with two attached hydrogens (primary N) is 1. The fourth-order valence-electron chi connectivity index (χ4n) is 1.74. The Balaban J connectivity index is 2.20. The molecule has 1 aromatic heterocycles. The number of nitrogens with one attached hydrogen (secondary N) is 1. The van der Waals surface area contributed by atoms with Crippen LogP contribution in [0.5, 0.6) is 0 Å². The molecule has 8 heteroatoms. The van der Waals surface area contributed by atoms with Gasteiger partial charge in [-0.2, -0.15) is 10.2 Å². The fraction of sp³-hybridized carbons (Fsp3) is 0.154. The van der Waals surface area contributed by atoms with Crippen molar-refractivity contribution in [1.29, 1.82) is 0 Å². The summed E-state index contributed by atoms with van der Waals surface area (Å²) in [6, 6.07) is 5.30. The van der Waals surface area contributed by atoms with E-state index in [1.807, 2.05) is 0 Å². The van der Waals surface area contributed by atoms with Crippen LogP contribution in [0.4, 0.5) is 9.18 Å². The first-order chi connectivity index (χ1) is 9.97. The van der Waals surface area contributed by atoms with E-state index < -0.39 is 6.03 Å². The lowest BCUT2D eigenvalue weighted by molar-refractivity contribution is 0.249. The minimum absolute atomic E-state index is 0.299. The maximum atomic E-state index is 12.9. The maximum Gasteiger partial charge on any atom is 0.332 e. The molecule has 0 saturated carbocycles. The smallest absolute Gasteiger partial charge is 0.332 e. The van der Waals surface area contributed by atoms with Crippen molar-refractivity contribution >= 4 is 23.8 Å². The van der Waals surface area contributed by atoms with Crippen molar-refractivity contribution in [2.24, 2.45) is 10.8 Å². The molecular weight excluding hydrogens is 297 g/mol. The number of hydrogen-bond donors (Lipinski definition) is 2. The van der Waals surface area contributed by atoms with Gasteiger partial charge in [0, 0.05) is 0 Å². The number of halogens is 2. The normalized spacial score (nSPS) is 11.0. The molecule has 0 aliphatic carbocycles. The van der Waals surface area contributed by atoms with Gasteiger partial charge in [-0.05, 0) is 24.6 Å². The Morgan fingerprint density at radius 3 is 2.81 bits per heavy atom. The third-order valence-electron chi connectivity index (χ3n) is 2.72. The molecule has 0 saturated heterocycles. The molecule has 6 nitrogen and oxygen atoms in total. The van der Waals surface area contributed by atoms with Crippen molar-refractivity contribution in [2.75, 3.05) is 0 Å². The molecule has 0 radical (unpaired) electrons. The van der Waals surface area contributed by atoms with Crippen molar-refractivity contribution in [3.8, 4) is 0 Å². The highest BCUT2D eigenvalue weighted by molar-refractivity contribution is 6.32. The van der Waals surface area contributed by atoms with Crippen molar-refractivity contribution in [3.05, 3.63) is 52.1 Å². The summed E-state index contributed by atoms with van der Waals surface area (Å²) in [5, 5.41) is 8.31. The average Bonchev–Trinajstić information content (AvgIpc) is 2.68. The molecule has 0 unspecified atom stereocenters. The summed E-state index contributed by atoms with van der Waals surface area (Å²) >= 11 is 6.22. The summed E-state index contributed by atoms with van der Waals surface area (Å²) in [5.41, 5.74) is 9.08. The highest BCUT2D eigenvalue weighted by atomic mass is 35.5. The Labute approximate surface area is 125 Å². The van der Waals surface area contributed by atoms with E-state index in [9.17, 15) is 9.18 Å². The van der Waals surface area contributed by atoms with Gasteiger partial charge in [-0.3, -0.25) is 0 Å². The van der Waals surface area contributed by atoms with Gasteiger partial charge in [-0.25, -0.2) is 19.3 Å². The van der Waals surface area contributed by atoms with E-state index in [1.165, 1.54) is 18.3 Å². The largest absolute Gasteiger partial charge is 0.350 e. The van der Waals surface area contributed by atoms with Gasteiger partial charge in [0.1, 0.15) is 11.0 Å². The lowest BCUT2D eigenvalue weighted by Gasteiger charge is -2.03. The van der Waals surface area contributed by atoms with Crippen molar-refractivity contribution in [2.45, 2.75) is 13.5 Å². The van der Waals surface area contributed by atoms with Crippen LogP contribution in [0.3, 0.4) is 0 Å². The lowest BCUT2D eigenvalue weighted by Crippen LogP contribution is -2.24. The first-order valence-electron chi connectivity index (χ1n) is 6.03. The van der Waals surface area contributed by atoms with E-state index in [-0.39, 0.29) is 5.82 Å². The van der Waals surface area contributed by atoms with E-state index >= 15 is 0 Å². The summed E-state index contributed by atoms with van der Waals surface area (Å²) in [6.45, 7) is 2.16. The standard InChI is InChI=1S/C13H13ClFN5O/c1-8-11(6-17-18-13(16)21)12(14)20(19-8)7-9-2-4-10(15)5-3-9/h2-6H,7H2,1H3,(H3,16,18,21). The number of primary amides is 1. The van der Waals surface area contributed by atoms with Gasteiger partial charge >= 0.3 is 6.03 Å². The topological polar surface area (TPSA) is 85.3 Å². The molecule has 110 valence electrons. The number of hydrazone groups is 1. The van der Waals surface area contributed by atoms with Gasteiger partial charge in [-0.1, -0.05) is 23.7 Å². The van der Waals surface area contributed by atoms with Crippen LogP contribution in [0.25, 0.3) is 0 Å². The molecule has 0 atom stereocenters. The van der Waals surface area contributed by atoms with E-state index in [0.29, 0.717) is 23.0 Å². The van der Waals surface area contributed by atoms with Crippen molar-refractivity contribution in [3.63, 3.8) is 0 Å². The monoisotopic (exact) mass is 309 g/mol. The second-order valence-electron chi connectivity index (χ2n) is 4.31. The van der Waals surface area contributed by atoms with Crippen LogP contribution in [0.1, 0.15) is 16.8 Å². The number of aryl methyl sites for hydroxylation is 1. The lowest BCUT2D eigenvalue weighted by atomic mass is 10.2. The molecule has 0 aliphatic heterocycles. The summed E-state index contributed by atoms with van der Waals surface area (Å²) in [6.07, 6.45) is 1.37. The molecule has 0 spiro atoms. The van der Waals surface area contributed by atoms with Crippen LogP contribution < -0.4 is 11.2 Å². The summed E-state index contributed by atoms with van der Waals surface area (Å²) in [4.78, 5) is 10.5. The van der Waals surface area contributed by atoms with Gasteiger partial charge in [0.15, 0.2) is 0 Å². The second-order valence-corrected chi connectivity index (χ2v) is 4.67. The molecule has 3 N–H and O–H groups in total. The third kappa shape index (κ3) is 3.79. The predicted molar refractivity (Wildman–Crippen MR) is 77.8 cm³/mol. The fourth-order valence-corrected chi connectivity index (χ4v) is 2.02.